The molecule has 0 amide bonds. The second-order valence-corrected chi connectivity index (χ2v) is 3.68. The summed E-state index contributed by atoms with van der Waals surface area (Å²) in [5.41, 5.74) is 6.29. The van der Waals surface area contributed by atoms with Crippen LogP contribution >= 0.6 is 11.6 Å². The lowest BCUT2D eigenvalue weighted by Gasteiger charge is -2.32. The number of hydrogen-bond acceptors (Lipinski definition) is 1. The van der Waals surface area contributed by atoms with Crippen molar-refractivity contribution in [2.24, 2.45) is 5.73 Å². The maximum absolute atomic E-state index is 12.7. The van der Waals surface area contributed by atoms with Gasteiger partial charge in [0.2, 0.25) is 0 Å². The first-order valence-corrected chi connectivity index (χ1v) is 4.42. The van der Waals surface area contributed by atoms with Gasteiger partial charge in [-0.25, -0.2) is 4.39 Å². The van der Waals surface area contributed by atoms with Crippen LogP contribution in [0.15, 0.2) is 30.4 Å². The molecule has 1 aromatic rings. The molecular formula is C10H9ClFN. The third-order valence-electron chi connectivity index (χ3n) is 2.30. The Balaban J connectivity index is 2.47. The number of rotatable bonds is 1. The Morgan fingerprint density at radius 3 is 2.62 bits per heavy atom. The second-order valence-electron chi connectivity index (χ2n) is 3.27. The van der Waals surface area contributed by atoms with E-state index in [4.69, 9.17) is 17.3 Å². The topological polar surface area (TPSA) is 26.0 Å². The number of halogens is 2. The van der Waals surface area contributed by atoms with Crippen molar-refractivity contribution in [2.45, 2.75) is 12.0 Å². The van der Waals surface area contributed by atoms with Crippen molar-refractivity contribution in [2.75, 3.05) is 0 Å². The van der Waals surface area contributed by atoms with E-state index in [2.05, 4.69) is 0 Å². The fourth-order valence-electron chi connectivity index (χ4n) is 1.44. The highest BCUT2D eigenvalue weighted by Gasteiger charge is 2.30. The van der Waals surface area contributed by atoms with E-state index in [1.165, 1.54) is 12.1 Å². The molecule has 2 rings (SSSR count). The highest BCUT2D eigenvalue weighted by atomic mass is 35.5. The zero-order valence-electron chi connectivity index (χ0n) is 6.93. The lowest BCUT2D eigenvalue weighted by Crippen LogP contribution is -2.38. The molecule has 68 valence electrons. The molecule has 1 aliphatic carbocycles. The van der Waals surface area contributed by atoms with Gasteiger partial charge in [-0.05, 0) is 24.1 Å². The zero-order chi connectivity index (χ0) is 9.47. The van der Waals surface area contributed by atoms with E-state index in [0.717, 1.165) is 12.0 Å². The van der Waals surface area contributed by atoms with Crippen LogP contribution in [0.1, 0.15) is 12.0 Å². The summed E-state index contributed by atoms with van der Waals surface area (Å²) in [5.74, 6) is -0.333. The van der Waals surface area contributed by atoms with Crippen LogP contribution < -0.4 is 5.73 Å². The number of nitrogens with two attached hydrogens (primary N) is 1. The average molecular weight is 198 g/mol. The van der Waals surface area contributed by atoms with Gasteiger partial charge in [0, 0.05) is 5.02 Å². The van der Waals surface area contributed by atoms with Crippen molar-refractivity contribution in [3.63, 3.8) is 0 Å². The maximum Gasteiger partial charge on any atom is 0.124 e. The monoisotopic (exact) mass is 197 g/mol. The summed E-state index contributed by atoms with van der Waals surface area (Å²) in [7, 11) is 0. The number of hydrogen-bond donors (Lipinski definition) is 1. The standard InChI is InChI=1S/C10H9ClFN/c11-9-6-7(12)2-3-8(9)10(13)4-1-5-10/h1-4,6H,5,13H2. The van der Waals surface area contributed by atoms with E-state index in [9.17, 15) is 4.39 Å². The molecule has 0 saturated carbocycles. The van der Waals surface area contributed by atoms with Crippen molar-refractivity contribution in [3.05, 3.63) is 46.8 Å². The summed E-state index contributed by atoms with van der Waals surface area (Å²) in [4.78, 5) is 0. The second kappa shape index (κ2) is 2.82. The SMILES string of the molecule is NC1(c2ccc(F)cc2Cl)C=CC1. The molecular weight excluding hydrogens is 189 g/mol. The van der Waals surface area contributed by atoms with Crippen LogP contribution in [0.3, 0.4) is 0 Å². The van der Waals surface area contributed by atoms with E-state index in [1.807, 2.05) is 12.2 Å². The largest absolute Gasteiger partial charge is 0.318 e. The Labute approximate surface area is 81.0 Å². The maximum atomic E-state index is 12.7. The predicted octanol–water partition coefficient (Wildman–Crippen LogP) is 2.59. The molecule has 2 N–H and O–H groups in total. The summed E-state index contributed by atoms with van der Waals surface area (Å²) >= 11 is 5.87. The van der Waals surface area contributed by atoms with Crippen LogP contribution in [-0.2, 0) is 5.54 Å². The van der Waals surface area contributed by atoms with Gasteiger partial charge in [-0.1, -0.05) is 29.8 Å². The fourth-order valence-corrected chi connectivity index (χ4v) is 1.78. The molecule has 1 aromatic carbocycles. The number of benzene rings is 1. The first kappa shape index (κ1) is 8.73. The molecule has 1 aliphatic rings. The van der Waals surface area contributed by atoms with E-state index in [-0.39, 0.29) is 5.82 Å². The third kappa shape index (κ3) is 1.36. The lowest BCUT2D eigenvalue weighted by molar-refractivity contribution is 0.520. The van der Waals surface area contributed by atoms with Crippen LogP contribution in [-0.4, -0.2) is 0 Å². The van der Waals surface area contributed by atoms with E-state index >= 15 is 0 Å². The van der Waals surface area contributed by atoms with Crippen LogP contribution in [0.4, 0.5) is 4.39 Å². The van der Waals surface area contributed by atoms with Gasteiger partial charge in [-0.15, -0.1) is 0 Å². The first-order valence-electron chi connectivity index (χ1n) is 4.04. The van der Waals surface area contributed by atoms with E-state index in [1.54, 1.807) is 6.07 Å². The first-order chi connectivity index (χ1) is 6.12. The highest BCUT2D eigenvalue weighted by molar-refractivity contribution is 6.31. The van der Waals surface area contributed by atoms with Gasteiger partial charge in [0.15, 0.2) is 0 Å². The van der Waals surface area contributed by atoms with E-state index < -0.39 is 5.54 Å². The quantitative estimate of drug-likeness (QED) is 0.689. The summed E-state index contributed by atoms with van der Waals surface area (Å²) < 4.78 is 12.7. The molecule has 0 saturated heterocycles. The summed E-state index contributed by atoms with van der Waals surface area (Å²) in [6.07, 6.45) is 4.62. The van der Waals surface area contributed by atoms with Crippen LogP contribution in [0.5, 0.6) is 0 Å². The normalized spacial score (nSPS) is 25.8. The third-order valence-corrected chi connectivity index (χ3v) is 2.62. The molecule has 0 radical (unpaired) electrons. The Kier molecular flexibility index (Phi) is 1.90. The summed E-state index contributed by atoms with van der Waals surface area (Å²) in [5, 5.41) is 0.395. The summed E-state index contributed by atoms with van der Waals surface area (Å²) in [6, 6.07) is 4.31. The van der Waals surface area contributed by atoms with Crippen molar-refractivity contribution in [1.82, 2.24) is 0 Å². The highest BCUT2D eigenvalue weighted by Crippen LogP contribution is 2.35. The van der Waals surface area contributed by atoms with Gasteiger partial charge in [0.25, 0.3) is 0 Å². The molecule has 1 unspecified atom stereocenters. The molecule has 0 heterocycles. The van der Waals surface area contributed by atoms with Crippen molar-refractivity contribution < 1.29 is 4.39 Å². The van der Waals surface area contributed by atoms with Crippen LogP contribution in [0.2, 0.25) is 5.02 Å². The Morgan fingerprint density at radius 2 is 2.15 bits per heavy atom. The molecule has 1 atom stereocenters. The smallest absolute Gasteiger partial charge is 0.124 e. The minimum atomic E-state index is -0.481. The zero-order valence-corrected chi connectivity index (χ0v) is 7.68. The molecule has 3 heteroatoms. The van der Waals surface area contributed by atoms with Crippen molar-refractivity contribution >= 4 is 11.6 Å². The minimum absolute atomic E-state index is 0.333. The molecule has 0 aliphatic heterocycles. The summed E-state index contributed by atoms with van der Waals surface area (Å²) in [6.45, 7) is 0. The average Bonchev–Trinajstić information content (AvgIpc) is 2.00. The Bertz CT molecular complexity index is 375. The van der Waals surface area contributed by atoms with Gasteiger partial charge in [0.05, 0.1) is 5.54 Å². The molecule has 0 aromatic heterocycles. The molecule has 1 nitrogen and oxygen atoms in total. The van der Waals surface area contributed by atoms with Crippen molar-refractivity contribution in [1.29, 1.82) is 0 Å². The van der Waals surface area contributed by atoms with Gasteiger partial charge < -0.3 is 5.73 Å². The van der Waals surface area contributed by atoms with Gasteiger partial charge >= 0.3 is 0 Å². The molecule has 0 bridgehead atoms. The Hall–Kier alpha value is -0.860. The van der Waals surface area contributed by atoms with Crippen LogP contribution in [0, 0.1) is 5.82 Å². The molecule has 13 heavy (non-hydrogen) atoms. The van der Waals surface area contributed by atoms with Crippen LogP contribution in [0.25, 0.3) is 0 Å². The molecule has 0 fully saturated rings. The van der Waals surface area contributed by atoms with Gasteiger partial charge in [-0.3, -0.25) is 0 Å². The van der Waals surface area contributed by atoms with Gasteiger partial charge in [-0.2, -0.15) is 0 Å². The Morgan fingerprint density at radius 1 is 1.46 bits per heavy atom. The predicted molar refractivity (Wildman–Crippen MR) is 51.0 cm³/mol. The van der Waals surface area contributed by atoms with Gasteiger partial charge in [0.1, 0.15) is 5.82 Å². The lowest BCUT2D eigenvalue weighted by atomic mass is 9.80. The molecule has 0 spiro atoms. The van der Waals surface area contributed by atoms with Crippen molar-refractivity contribution in [3.8, 4) is 0 Å². The fraction of sp³-hybridized carbons (Fsp3) is 0.200. The van der Waals surface area contributed by atoms with E-state index in [0.29, 0.717) is 5.02 Å². The minimum Gasteiger partial charge on any atom is -0.318 e.